The molecule has 0 heterocycles. The third-order valence-electron chi connectivity index (χ3n) is 2.52. The quantitative estimate of drug-likeness (QED) is 0.872. The van der Waals surface area contributed by atoms with Gasteiger partial charge in [0.1, 0.15) is 5.78 Å². The largest absolute Gasteiger partial charge is 0.326 e. The van der Waals surface area contributed by atoms with E-state index >= 15 is 0 Å². The third kappa shape index (κ3) is 4.02. The Balaban J connectivity index is 2.91. The summed E-state index contributed by atoms with van der Waals surface area (Å²) in [6.07, 6.45) is 0.347. The van der Waals surface area contributed by atoms with Gasteiger partial charge in [-0.1, -0.05) is 39.0 Å². The van der Waals surface area contributed by atoms with Gasteiger partial charge in [-0.25, -0.2) is 0 Å². The molecule has 1 amide bonds. The number of carbonyl (C=O) groups is 2. The van der Waals surface area contributed by atoms with E-state index in [4.69, 9.17) is 0 Å². The summed E-state index contributed by atoms with van der Waals surface area (Å²) in [6, 6.07) is 7.40. The number of amides is 1. The van der Waals surface area contributed by atoms with Crippen LogP contribution in [0.25, 0.3) is 0 Å². The fourth-order valence-corrected chi connectivity index (χ4v) is 1.42. The highest BCUT2D eigenvalue weighted by molar-refractivity contribution is 5.92. The minimum absolute atomic E-state index is 0.124. The second-order valence-electron chi connectivity index (χ2n) is 5.19. The number of anilines is 1. The van der Waals surface area contributed by atoms with Gasteiger partial charge in [0.15, 0.2) is 0 Å². The molecular weight excluding hydrogens is 214 g/mol. The molecule has 0 aliphatic heterocycles. The summed E-state index contributed by atoms with van der Waals surface area (Å²) >= 11 is 0. The lowest BCUT2D eigenvalue weighted by atomic mass is 9.87. The number of para-hydroxylation sites is 1. The molecular formula is C14H19NO2. The van der Waals surface area contributed by atoms with Gasteiger partial charge in [-0.05, 0) is 11.6 Å². The highest BCUT2D eigenvalue weighted by atomic mass is 16.1. The molecule has 3 nitrogen and oxygen atoms in total. The van der Waals surface area contributed by atoms with Crippen molar-refractivity contribution >= 4 is 17.4 Å². The molecule has 0 aromatic heterocycles. The van der Waals surface area contributed by atoms with Crippen LogP contribution < -0.4 is 5.32 Å². The van der Waals surface area contributed by atoms with E-state index in [2.05, 4.69) is 5.32 Å². The maximum absolute atomic E-state index is 12.0. The first-order valence-corrected chi connectivity index (χ1v) is 5.69. The van der Waals surface area contributed by atoms with Gasteiger partial charge >= 0.3 is 0 Å². The van der Waals surface area contributed by atoms with Crippen LogP contribution in [0.2, 0.25) is 0 Å². The first-order chi connectivity index (χ1) is 7.80. The molecule has 1 rings (SSSR count). The predicted octanol–water partition coefficient (Wildman–Crippen LogP) is 2.80. The Morgan fingerprint density at radius 1 is 1.18 bits per heavy atom. The summed E-state index contributed by atoms with van der Waals surface area (Å²) in [4.78, 5) is 23.0. The molecule has 0 spiro atoms. The zero-order chi connectivity index (χ0) is 13.1. The maximum atomic E-state index is 12.0. The minimum atomic E-state index is -0.358. The lowest BCUT2D eigenvalue weighted by Gasteiger charge is -2.17. The van der Waals surface area contributed by atoms with E-state index in [9.17, 15) is 9.59 Å². The number of ketones is 1. The number of nitrogens with one attached hydrogen (secondary N) is 1. The van der Waals surface area contributed by atoms with Gasteiger partial charge in [0.25, 0.3) is 0 Å². The van der Waals surface area contributed by atoms with Crippen LogP contribution in [0.15, 0.2) is 24.3 Å². The highest BCUT2D eigenvalue weighted by Gasteiger charge is 2.22. The van der Waals surface area contributed by atoms with Crippen LogP contribution in [0, 0.1) is 5.41 Å². The van der Waals surface area contributed by atoms with Gasteiger partial charge in [-0.2, -0.15) is 0 Å². The van der Waals surface area contributed by atoms with Crippen LogP contribution in [0.1, 0.15) is 33.3 Å². The van der Waals surface area contributed by atoms with Gasteiger partial charge in [0.05, 0.1) is 0 Å². The Bertz CT molecular complexity index is 430. The van der Waals surface area contributed by atoms with Gasteiger partial charge in [0.2, 0.25) is 5.91 Å². The first kappa shape index (κ1) is 13.4. The van der Waals surface area contributed by atoms with Crippen molar-refractivity contribution in [2.75, 3.05) is 5.32 Å². The van der Waals surface area contributed by atoms with Crippen molar-refractivity contribution in [1.82, 2.24) is 0 Å². The maximum Gasteiger partial charge on any atom is 0.221 e. The van der Waals surface area contributed by atoms with E-state index in [1.807, 2.05) is 45.0 Å². The van der Waals surface area contributed by atoms with E-state index in [1.54, 1.807) is 0 Å². The molecule has 0 atom stereocenters. The first-order valence-electron chi connectivity index (χ1n) is 5.69. The zero-order valence-electron chi connectivity index (χ0n) is 10.8. The minimum Gasteiger partial charge on any atom is -0.326 e. The predicted molar refractivity (Wildman–Crippen MR) is 68.9 cm³/mol. The second-order valence-corrected chi connectivity index (χ2v) is 5.19. The molecule has 3 heteroatoms. The molecule has 1 aromatic carbocycles. The number of carbonyl (C=O) groups excluding carboxylic acids is 2. The molecule has 0 fully saturated rings. The molecule has 17 heavy (non-hydrogen) atoms. The standard InChI is InChI=1S/C14H19NO2/c1-10(16)15-12-8-6-5-7-11(12)9-13(17)14(2,3)4/h5-8H,9H2,1-4H3,(H,15,16). The van der Waals surface area contributed by atoms with Gasteiger partial charge in [0, 0.05) is 24.4 Å². The molecule has 0 aliphatic carbocycles. The average molecular weight is 233 g/mol. The number of benzene rings is 1. The van der Waals surface area contributed by atoms with Gasteiger partial charge < -0.3 is 5.32 Å². The van der Waals surface area contributed by atoms with Gasteiger partial charge in [-0.15, -0.1) is 0 Å². The summed E-state index contributed by atoms with van der Waals surface area (Å²) in [6.45, 7) is 7.16. The molecule has 92 valence electrons. The molecule has 1 N–H and O–H groups in total. The fourth-order valence-electron chi connectivity index (χ4n) is 1.42. The van der Waals surface area contributed by atoms with Crippen LogP contribution in [-0.2, 0) is 16.0 Å². The van der Waals surface area contributed by atoms with E-state index in [-0.39, 0.29) is 17.1 Å². The summed E-state index contributed by atoms with van der Waals surface area (Å²) in [5.41, 5.74) is 1.23. The van der Waals surface area contributed by atoms with E-state index < -0.39 is 0 Å². The topological polar surface area (TPSA) is 46.2 Å². The summed E-state index contributed by atoms with van der Waals surface area (Å²) in [5.74, 6) is 0.0379. The Labute approximate surface area is 102 Å². The highest BCUT2D eigenvalue weighted by Crippen LogP contribution is 2.22. The van der Waals surface area contributed by atoms with Crippen LogP contribution in [0.4, 0.5) is 5.69 Å². The van der Waals surface area contributed by atoms with Gasteiger partial charge in [-0.3, -0.25) is 9.59 Å². The summed E-state index contributed by atoms with van der Waals surface area (Å²) < 4.78 is 0. The average Bonchev–Trinajstić information content (AvgIpc) is 2.18. The van der Waals surface area contributed by atoms with Crippen LogP contribution in [0.3, 0.4) is 0 Å². The van der Waals surface area contributed by atoms with Crippen molar-refractivity contribution in [2.45, 2.75) is 34.1 Å². The molecule has 1 aromatic rings. The molecule has 0 radical (unpaired) electrons. The van der Waals surface area contributed by atoms with Crippen molar-refractivity contribution < 1.29 is 9.59 Å². The molecule has 0 saturated heterocycles. The third-order valence-corrected chi connectivity index (χ3v) is 2.52. The molecule has 0 saturated carbocycles. The SMILES string of the molecule is CC(=O)Nc1ccccc1CC(=O)C(C)(C)C. The number of hydrogen-bond acceptors (Lipinski definition) is 2. The monoisotopic (exact) mass is 233 g/mol. The molecule has 0 aliphatic rings. The van der Waals surface area contributed by atoms with Crippen molar-refractivity contribution in [3.63, 3.8) is 0 Å². The fraction of sp³-hybridized carbons (Fsp3) is 0.429. The molecule has 0 bridgehead atoms. The van der Waals surface area contributed by atoms with Crippen molar-refractivity contribution in [3.05, 3.63) is 29.8 Å². The van der Waals surface area contributed by atoms with Crippen molar-refractivity contribution in [1.29, 1.82) is 0 Å². The summed E-state index contributed by atoms with van der Waals surface area (Å²) in [5, 5.41) is 2.74. The molecule has 0 unspecified atom stereocenters. The zero-order valence-corrected chi connectivity index (χ0v) is 10.8. The Morgan fingerprint density at radius 2 is 1.76 bits per heavy atom. The number of hydrogen-bond donors (Lipinski definition) is 1. The van der Waals surface area contributed by atoms with Crippen LogP contribution in [-0.4, -0.2) is 11.7 Å². The summed E-state index contributed by atoms with van der Waals surface area (Å²) in [7, 11) is 0. The Kier molecular flexibility index (Phi) is 4.05. The van der Waals surface area contributed by atoms with E-state index in [0.717, 1.165) is 11.3 Å². The Morgan fingerprint density at radius 3 is 2.29 bits per heavy atom. The Hall–Kier alpha value is -1.64. The van der Waals surface area contributed by atoms with E-state index in [0.29, 0.717) is 6.42 Å². The second kappa shape index (κ2) is 5.13. The van der Waals surface area contributed by atoms with Crippen LogP contribution >= 0.6 is 0 Å². The lowest BCUT2D eigenvalue weighted by molar-refractivity contribution is -0.125. The number of rotatable bonds is 3. The van der Waals surface area contributed by atoms with E-state index in [1.165, 1.54) is 6.92 Å². The van der Waals surface area contributed by atoms with Crippen molar-refractivity contribution in [2.24, 2.45) is 5.41 Å². The smallest absolute Gasteiger partial charge is 0.221 e. The lowest BCUT2D eigenvalue weighted by Crippen LogP contribution is -2.22. The van der Waals surface area contributed by atoms with Crippen LogP contribution in [0.5, 0.6) is 0 Å². The normalized spacial score (nSPS) is 11.1. The number of Topliss-reactive ketones (excluding diaryl/α,β-unsaturated/α-hetero) is 1. The van der Waals surface area contributed by atoms with Crippen molar-refractivity contribution in [3.8, 4) is 0 Å².